The second-order valence-electron chi connectivity index (χ2n) is 7.44. The molecule has 2 atom stereocenters. The Morgan fingerprint density at radius 1 is 1.19 bits per heavy atom. The first-order valence-electron chi connectivity index (χ1n) is 8.98. The quantitative estimate of drug-likeness (QED) is 0.479. The normalized spacial score (nSPS) is 23.5. The van der Waals surface area contributed by atoms with E-state index in [0.29, 0.717) is 18.9 Å². The lowest BCUT2D eigenvalue weighted by Gasteiger charge is -2.22. The Kier molecular flexibility index (Phi) is 6.07. The Morgan fingerprint density at radius 3 is 2.41 bits per heavy atom. The number of carbonyl (C=O) groups excluding carboxylic acids is 5. The SMILES string of the molecule is CC(C)CC[C@@]1(C)NC(=O)N(CC(=O)O[C@H](C)C(=O)N2CCNC2=O)C1=O. The molecule has 2 fully saturated rings. The molecule has 0 radical (unpaired) electrons. The van der Waals surface area contributed by atoms with Crippen molar-refractivity contribution in [3.63, 3.8) is 0 Å². The Balaban J connectivity index is 1.93. The fourth-order valence-corrected chi connectivity index (χ4v) is 2.95. The van der Waals surface area contributed by atoms with Crippen molar-refractivity contribution in [3.05, 3.63) is 0 Å². The third kappa shape index (κ3) is 4.55. The average Bonchev–Trinajstić information content (AvgIpc) is 3.09. The van der Waals surface area contributed by atoms with Gasteiger partial charge >= 0.3 is 18.0 Å². The molecule has 150 valence electrons. The van der Waals surface area contributed by atoms with Gasteiger partial charge in [-0.15, -0.1) is 0 Å². The van der Waals surface area contributed by atoms with E-state index in [0.717, 1.165) is 16.2 Å². The lowest BCUT2D eigenvalue weighted by atomic mass is 9.92. The Morgan fingerprint density at radius 2 is 1.85 bits per heavy atom. The van der Waals surface area contributed by atoms with Gasteiger partial charge in [-0.1, -0.05) is 13.8 Å². The highest BCUT2D eigenvalue weighted by molar-refractivity contribution is 6.08. The summed E-state index contributed by atoms with van der Waals surface area (Å²) in [6.45, 7) is 6.93. The molecule has 2 aliphatic heterocycles. The van der Waals surface area contributed by atoms with E-state index in [2.05, 4.69) is 10.6 Å². The van der Waals surface area contributed by atoms with Crippen LogP contribution >= 0.6 is 0 Å². The summed E-state index contributed by atoms with van der Waals surface area (Å²) in [5.41, 5.74) is -1.06. The molecular formula is C17H26N4O6. The topological polar surface area (TPSA) is 125 Å². The molecule has 0 aliphatic carbocycles. The molecule has 2 N–H and O–H groups in total. The number of hydrogen-bond acceptors (Lipinski definition) is 6. The number of amides is 6. The van der Waals surface area contributed by atoms with Gasteiger partial charge in [0.1, 0.15) is 12.1 Å². The van der Waals surface area contributed by atoms with Gasteiger partial charge in [-0.25, -0.2) is 9.59 Å². The van der Waals surface area contributed by atoms with Crippen molar-refractivity contribution in [3.8, 4) is 0 Å². The monoisotopic (exact) mass is 382 g/mol. The molecule has 0 aromatic rings. The fourth-order valence-electron chi connectivity index (χ4n) is 2.95. The zero-order chi connectivity index (χ0) is 20.4. The van der Waals surface area contributed by atoms with Crippen LogP contribution in [-0.2, 0) is 19.1 Å². The number of hydrogen-bond donors (Lipinski definition) is 2. The average molecular weight is 382 g/mol. The maximum atomic E-state index is 12.6. The summed E-state index contributed by atoms with van der Waals surface area (Å²) in [5.74, 6) is -1.69. The molecule has 2 aliphatic rings. The van der Waals surface area contributed by atoms with Crippen molar-refractivity contribution in [2.75, 3.05) is 19.6 Å². The van der Waals surface area contributed by atoms with Crippen molar-refractivity contribution in [1.29, 1.82) is 0 Å². The molecule has 2 saturated heterocycles. The molecule has 2 rings (SSSR count). The minimum atomic E-state index is -1.20. The van der Waals surface area contributed by atoms with Gasteiger partial charge in [-0.2, -0.15) is 0 Å². The highest BCUT2D eigenvalue weighted by atomic mass is 16.5. The largest absolute Gasteiger partial charge is 0.451 e. The minimum absolute atomic E-state index is 0.195. The van der Waals surface area contributed by atoms with Crippen molar-refractivity contribution >= 4 is 29.8 Å². The van der Waals surface area contributed by atoms with Crippen LogP contribution in [0.25, 0.3) is 0 Å². The minimum Gasteiger partial charge on any atom is -0.451 e. The standard InChI is InChI=1S/C17H26N4O6/c1-10(2)5-6-17(4)14(24)21(16(26)19-17)9-12(22)27-11(3)13(23)20-8-7-18-15(20)25/h10-11H,5-9H2,1-4H3,(H,18,25)(H,19,26)/t11-,17-/m1/s1. The van der Waals surface area contributed by atoms with Gasteiger partial charge in [0.15, 0.2) is 6.10 Å². The molecule has 0 spiro atoms. The lowest BCUT2D eigenvalue weighted by molar-refractivity contribution is -0.159. The van der Waals surface area contributed by atoms with Gasteiger partial charge in [0.05, 0.1) is 0 Å². The van der Waals surface area contributed by atoms with E-state index in [1.54, 1.807) is 6.92 Å². The third-order valence-corrected chi connectivity index (χ3v) is 4.63. The summed E-state index contributed by atoms with van der Waals surface area (Å²) in [5, 5.41) is 5.10. The molecule has 0 unspecified atom stereocenters. The summed E-state index contributed by atoms with van der Waals surface area (Å²) in [7, 11) is 0. The molecule has 0 aromatic carbocycles. The highest BCUT2D eigenvalue weighted by Crippen LogP contribution is 2.24. The fraction of sp³-hybridized carbons (Fsp3) is 0.706. The number of carbonyl (C=O) groups is 5. The number of esters is 1. The van der Waals surface area contributed by atoms with Crippen LogP contribution in [0.3, 0.4) is 0 Å². The van der Waals surface area contributed by atoms with E-state index < -0.39 is 48.0 Å². The maximum Gasteiger partial charge on any atom is 0.327 e. The molecular weight excluding hydrogens is 356 g/mol. The molecule has 6 amide bonds. The van der Waals surface area contributed by atoms with Crippen molar-refractivity contribution in [2.45, 2.75) is 52.2 Å². The number of nitrogens with zero attached hydrogens (tertiary/aromatic N) is 2. The van der Waals surface area contributed by atoms with E-state index >= 15 is 0 Å². The van der Waals surface area contributed by atoms with Crippen LogP contribution in [0.2, 0.25) is 0 Å². The maximum absolute atomic E-state index is 12.6. The van der Waals surface area contributed by atoms with E-state index in [-0.39, 0.29) is 6.54 Å². The molecule has 10 heteroatoms. The molecule has 10 nitrogen and oxygen atoms in total. The van der Waals surface area contributed by atoms with E-state index in [9.17, 15) is 24.0 Å². The third-order valence-electron chi connectivity index (χ3n) is 4.63. The summed E-state index contributed by atoms with van der Waals surface area (Å²) >= 11 is 0. The number of nitrogens with one attached hydrogen (secondary N) is 2. The van der Waals surface area contributed by atoms with Crippen LogP contribution in [0, 0.1) is 5.92 Å². The molecule has 0 bridgehead atoms. The van der Waals surface area contributed by atoms with Crippen LogP contribution in [0.4, 0.5) is 9.59 Å². The predicted octanol–water partition coefficient (Wildman–Crippen LogP) is 0.217. The van der Waals surface area contributed by atoms with Crippen LogP contribution in [-0.4, -0.2) is 70.9 Å². The second-order valence-corrected chi connectivity index (χ2v) is 7.44. The zero-order valence-electron chi connectivity index (χ0n) is 16.0. The van der Waals surface area contributed by atoms with E-state index in [1.165, 1.54) is 6.92 Å². The van der Waals surface area contributed by atoms with Crippen LogP contribution in [0.15, 0.2) is 0 Å². The Hall–Kier alpha value is -2.65. The van der Waals surface area contributed by atoms with E-state index in [1.807, 2.05) is 13.8 Å². The number of ether oxygens (including phenoxy) is 1. The first-order chi connectivity index (χ1) is 12.5. The van der Waals surface area contributed by atoms with Crippen LogP contribution in [0.1, 0.15) is 40.5 Å². The zero-order valence-corrected chi connectivity index (χ0v) is 16.0. The van der Waals surface area contributed by atoms with Gasteiger partial charge in [0.25, 0.3) is 11.8 Å². The molecule has 27 heavy (non-hydrogen) atoms. The molecule has 0 saturated carbocycles. The summed E-state index contributed by atoms with van der Waals surface area (Å²) in [4.78, 5) is 62.2. The first-order valence-corrected chi connectivity index (χ1v) is 8.98. The van der Waals surface area contributed by atoms with Crippen LogP contribution in [0.5, 0.6) is 0 Å². The first kappa shape index (κ1) is 20.7. The van der Waals surface area contributed by atoms with Crippen LogP contribution < -0.4 is 10.6 Å². The lowest BCUT2D eigenvalue weighted by Crippen LogP contribution is -2.45. The van der Waals surface area contributed by atoms with Gasteiger partial charge in [0, 0.05) is 13.1 Å². The highest BCUT2D eigenvalue weighted by Gasteiger charge is 2.48. The van der Waals surface area contributed by atoms with Gasteiger partial charge in [-0.3, -0.25) is 24.2 Å². The van der Waals surface area contributed by atoms with Gasteiger partial charge < -0.3 is 15.4 Å². The smallest absolute Gasteiger partial charge is 0.327 e. The summed E-state index contributed by atoms with van der Waals surface area (Å²) in [6.07, 6.45) is -0.00119. The summed E-state index contributed by atoms with van der Waals surface area (Å²) < 4.78 is 5.01. The number of urea groups is 2. The predicted molar refractivity (Wildman–Crippen MR) is 93.4 cm³/mol. The van der Waals surface area contributed by atoms with Gasteiger partial charge in [0.2, 0.25) is 0 Å². The van der Waals surface area contributed by atoms with E-state index in [4.69, 9.17) is 4.74 Å². The van der Waals surface area contributed by atoms with Crippen molar-refractivity contribution < 1.29 is 28.7 Å². The molecule has 2 heterocycles. The Labute approximate surface area is 157 Å². The summed E-state index contributed by atoms with van der Waals surface area (Å²) in [6, 6.07) is -1.21. The number of imide groups is 2. The van der Waals surface area contributed by atoms with Gasteiger partial charge in [-0.05, 0) is 32.6 Å². The Bertz CT molecular complexity index is 664. The van der Waals surface area contributed by atoms with Crippen molar-refractivity contribution in [1.82, 2.24) is 20.4 Å². The second kappa shape index (κ2) is 7.93. The number of rotatable bonds is 7. The molecule has 0 aromatic heterocycles. The van der Waals surface area contributed by atoms with Crippen molar-refractivity contribution in [2.24, 2.45) is 5.92 Å².